The van der Waals surface area contributed by atoms with E-state index in [2.05, 4.69) is 15.3 Å². The summed E-state index contributed by atoms with van der Waals surface area (Å²) in [6.07, 6.45) is 10.1. The van der Waals surface area contributed by atoms with Gasteiger partial charge in [-0.1, -0.05) is 12.1 Å². The van der Waals surface area contributed by atoms with Crippen LogP contribution in [-0.2, 0) is 6.54 Å². The Kier molecular flexibility index (Phi) is 4.33. The van der Waals surface area contributed by atoms with Gasteiger partial charge >= 0.3 is 0 Å². The van der Waals surface area contributed by atoms with Crippen LogP contribution in [-0.4, -0.2) is 26.4 Å². The third kappa shape index (κ3) is 3.47. The smallest absolute Gasteiger partial charge is 0.271 e. The number of hydrogen-bond donors (Lipinski definition) is 1. The van der Waals surface area contributed by atoms with Gasteiger partial charge in [0.25, 0.3) is 5.91 Å². The molecule has 0 aliphatic heterocycles. The van der Waals surface area contributed by atoms with Crippen molar-refractivity contribution in [2.45, 2.75) is 38.3 Å². The molecule has 1 N–H and O–H groups in total. The molecule has 0 bridgehead atoms. The number of imidazole rings is 1. The Morgan fingerprint density at radius 1 is 1.24 bits per heavy atom. The van der Waals surface area contributed by atoms with Crippen molar-refractivity contribution in [3.05, 3.63) is 60.2 Å². The quantitative estimate of drug-likeness (QED) is 0.778. The fourth-order valence-electron chi connectivity index (χ4n) is 3.14. The molecule has 3 heterocycles. The predicted octanol–water partition coefficient (Wildman–Crippen LogP) is 2.98. The monoisotopic (exact) mass is 336 g/mol. The van der Waals surface area contributed by atoms with E-state index < -0.39 is 0 Å². The zero-order chi connectivity index (χ0) is 17.1. The molecule has 25 heavy (non-hydrogen) atoms. The molecule has 0 saturated heterocycles. The van der Waals surface area contributed by atoms with Crippen LogP contribution in [0.15, 0.2) is 48.9 Å². The number of pyridine rings is 2. The number of carbonyl (C=O) groups excluding carboxylic acids is 1. The highest BCUT2D eigenvalue weighted by molar-refractivity contribution is 5.92. The lowest BCUT2D eigenvalue weighted by atomic mass is 10.2. The van der Waals surface area contributed by atoms with Gasteiger partial charge in [-0.15, -0.1) is 0 Å². The van der Waals surface area contributed by atoms with E-state index in [-0.39, 0.29) is 12.0 Å². The first kappa shape index (κ1) is 15.6. The summed E-state index contributed by atoms with van der Waals surface area (Å²) in [6, 6.07) is 9.45. The van der Waals surface area contributed by atoms with E-state index in [0.717, 1.165) is 24.1 Å². The largest absolute Gasteiger partial charge is 0.474 e. The highest BCUT2D eigenvalue weighted by atomic mass is 16.5. The topological polar surface area (TPSA) is 68.5 Å². The predicted molar refractivity (Wildman–Crippen MR) is 93.5 cm³/mol. The van der Waals surface area contributed by atoms with Crippen LogP contribution in [0.5, 0.6) is 5.88 Å². The van der Waals surface area contributed by atoms with Crippen LogP contribution < -0.4 is 10.1 Å². The van der Waals surface area contributed by atoms with Crippen molar-refractivity contribution >= 4 is 11.6 Å². The lowest BCUT2D eigenvalue weighted by molar-refractivity contribution is 0.0946. The zero-order valence-corrected chi connectivity index (χ0v) is 13.9. The van der Waals surface area contributed by atoms with E-state index in [9.17, 15) is 4.79 Å². The van der Waals surface area contributed by atoms with Gasteiger partial charge in [0.15, 0.2) is 0 Å². The molecule has 128 valence electrons. The fourth-order valence-corrected chi connectivity index (χ4v) is 3.14. The standard InChI is InChI=1S/C19H20N4O2/c24-18(16-13-23-11-4-3-9-17(23)22-16)21-12-14-6-5-10-20-19(14)25-15-7-1-2-8-15/h3-6,9-11,13,15H,1-2,7-8,12H2,(H,21,24). The number of fused-ring (bicyclic) bond motifs is 1. The SMILES string of the molecule is O=C(NCc1cccnc1OC1CCCC1)c1cn2ccccc2n1. The summed E-state index contributed by atoms with van der Waals surface area (Å²) < 4.78 is 7.84. The molecular formula is C19H20N4O2. The van der Waals surface area contributed by atoms with Crippen molar-refractivity contribution in [2.75, 3.05) is 0 Å². The molecule has 1 amide bonds. The summed E-state index contributed by atoms with van der Waals surface area (Å²) in [4.78, 5) is 21.1. The maximum absolute atomic E-state index is 12.4. The molecule has 1 fully saturated rings. The number of amides is 1. The maximum atomic E-state index is 12.4. The molecule has 6 nitrogen and oxygen atoms in total. The fraction of sp³-hybridized carbons (Fsp3) is 0.316. The van der Waals surface area contributed by atoms with E-state index in [1.165, 1.54) is 12.8 Å². The van der Waals surface area contributed by atoms with Gasteiger partial charge in [0.2, 0.25) is 5.88 Å². The van der Waals surface area contributed by atoms with Crippen molar-refractivity contribution in [1.82, 2.24) is 19.7 Å². The minimum absolute atomic E-state index is 0.209. The molecule has 0 radical (unpaired) electrons. The Bertz CT molecular complexity index is 851. The number of carbonyl (C=O) groups is 1. The van der Waals surface area contributed by atoms with E-state index in [0.29, 0.717) is 18.1 Å². The van der Waals surface area contributed by atoms with Gasteiger partial charge in [-0.05, 0) is 43.9 Å². The highest BCUT2D eigenvalue weighted by Gasteiger charge is 2.19. The molecule has 6 heteroatoms. The summed E-state index contributed by atoms with van der Waals surface area (Å²) >= 11 is 0. The van der Waals surface area contributed by atoms with E-state index in [1.54, 1.807) is 12.4 Å². The first-order valence-corrected chi connectivity index (χ1v) is 8.62. The molecule has 0 atom stereocenters. The second-order valence-corrected chi connectivity index (χ2v) is 6.27. The van der Waals surface area contributed by atoms with Gasteiger partial charge in [-0.3, -0.25) is 4.79 Å². The van der Waals surface area contributed by atoms with Gasteiger partial charge in [0.1, 0.15) is 17.4 Å². The van der Waals surface area contributed by atoms with Crippen LogP contribution in [0.2, 0.25) is 0 Å². The maximum Gasteiger partial charge on any atom is 0.271 e. The second kappa shape index (κ2) is 6.93. The third-order valence-corrected chi connectivity index (χ3v) is 4.47. The Balaban J connectivity index is 1.44. The van der Waals surface area contributed by atoms with Crippen LogP contribution in [0.1, 0.15) is 41.7 Å². The number of aromatic nitrogens is 3. The van der Waals surface area contributed by atoms with Gasteiger partial charge in [0, 0.05) is 30.7 Å². The molecule has 1 aliphatic rings. The first-order chi connectivity index (χ1) is 12.3. The molecule has 3 aromatic heterocycles. The van der Waals surface area contributed by atoms with Crippen LogP contribution in [0.25, 0.3) is 5.65 Å². The van der Waals surface area contributed by atoms with Crippen molar-refractivity contribution in [2.24, 2.45) is 0 Å². The molecule has 1 saturated carbocycles. The minimum atomic E-state index is -0.209. The molecule has 0 aromatic carbocycles. The normalized spacial score (nSPS) is 14.7. The number of rotatable bonds is 5. The third-order valence-electron chi connectivity index (χ3n) is 4.47. The Morgan fingerprint density at radius 2 is 2.12 bits per heavy atom. The molecule has 4 rings (SSSR count). The van der Waals surface area contributed by atoms with Crippen molar-refractivity contribution in [3.63, 3.8) is 0 Å². The van der Waals surface area contributed by atoms with Gasteiger partial charge < -0.3 is 14.5 Å². The first-order valence-electron chi connectivity index (χ1n) is 8.62. The van der Waals surface area contributed by atoms with Crippen molar-refractivity contribution in [1.29, 1.82) is 0 Å². The molecule has 0 spiro atoms. The molecule has 0 unspecified atom stereocenters. The van der Waals surface area contributed by atoms with E-state index in [4.69, 9.17) is 4.74 Å². The Hall–Kier alpha value is -2.89. The number of nitrogens with zero attached hydrogens (tertiary/aromatic N) is 3. The van der Waals surface area contributed by atoms with E-state index in [1.807, 2.05) is 40.9 Å². The number of nitrogens with one attached hydrogen (secondary N) is 1. The Morgan fingerprint density at radius 3 is 2.96 bits per heavy atom. The summed E-state index contributed by atoms with van der Waals surface area (Å²) in [6.45, 7) is 0.364. The average molecular weight is 336 g/mol. The summed E-state index contributed by atoms with van der Waals surface area (Å²) in [5, 5.41) is 2.91. The number of hydrogen-bond acceptors (Lipinski definition) is 4. The summed E-state index contributed by atoms with van der Waals surface area (Å²) in [7, 11) is 0. The molecule has 3 aromatic rings. The van der Waals surface area contributed by atoms with Crippen LogP contribution >= 0.6 is 0 Å². The van der Waals surface area contributed by atoms with Crippen molar-refractivity contribution < 1.29 is 9.53 Å². The Labute approximate surface area is 145 Å². The summed E-state index contributed by atoms with van der Waals surface area (Å²) in [5.74, 6) is 0.407. The van der Waals surface area contributed by atoms with Crippen molar-refractivity contribution in [3.8, 4) is 5.88 Å². The van der Waals surface area contributed by atoms with Crippen LogP contribution in [0, 0.1) is 0 Å². The minimum Gasteiger partial charge on any atom is -0.474 e. The van der Waals surface area contributed by atoms with Crippen LogP contribution in [0.4, 0.5) is 0 Å². The second-order valence-electron chi connectivity index (χ2n) is 6.27. The molecule has 1 aliphatic carbocycles. The molecular weight excluding hydrogens is 316 g/mol. The van der Waals surface area contributed by atoms with E-state index >= 15 is 0 Å². The highest BCUT2D eigenvalue weighted by Crippen LogP contribution is 2.25. The number of ether oxygens (including phenoxy) is 1. The lowest BCUT2D eigenvalue weighted by Crippen LogP contribution is -2.24. The van der Waals surface area contributed by atoms with Gasteiger partial charge in [0.05, 0.1) is 0 Å². The average Bonchev–Trinajstić information content (AvgIpc) is 3.30. The summed E-state index contributed by atoms with van der Waals surface area (Å²) in [5.41, 5.74) is 2.03. The lowest BCUT2D eigenvalue weighted by Gasteiger charge is -2.15. The van der Waals surface area contributed by atoms with Gasteiger partial charge in [-0.25, -0.2) is 9.97 Å². The van der Waals surface area contributed by atoms with Crippen LogP contribution in [0.3, 0.4) is 0 Å². The van der Waals surface area contributed by atoms with Gasteiger partial charge in [-0.2, -0.15) is 0 Å². The zero-order valence-electron chi connectivity index (χ0n) is 13.9.